The second kappa shape index (κ2) is 6.33. The summed E-state index contributed by atoms with van der Waals surface area (Å²) in [5.41, 5.74) is -2.92. The van der Waals surface area contributed by atoms with Gasteiger partial charge in [0, 0.05) is 16.7 Å². The third kappa shape index (κ3) is 2.50. The molecular formula is C22H28O7. The first kappa shape index (κ1) is 20.4. The van der Waals surface area contributed by atoms with Gasteiger partial charge in [-0.2, -0.15) is 0 Å². The van der Waals surface area contributed by atoms with Crippen molar-refractivity contribution in [2.24, 2.45) is 34.5 Å². The molecule has 8 atom stereocenters. The minimum Gasteiger partial charge on any atom is -0.481 e. The van der Waals surface area contributed by atoms with Gasteiger partial charge in [0.05, 0.1) is 12.0 Å². The van der Waals surface area contributed by atoms with Gasteiger partial charge >= 0.3 is 5.97 Å². The molecule has 4 rings (SSSR count). The highest BCUT2D eigenvalue weighted by atomic mass is 16.4. The summed E-state index contributed by atoms with van der Waals surface area (Å²) < 4.78 is 0. The molecular weight excluding hydrogens is 376 g/mol. The smallest absolute Gasteiger partial charge is 0.310 e. The Labute approximate surface area is 169 Å². The van der Waals surface area contributed by atoms with Crippen molar-refractivity contribution in [2.45, 2.75) is 51.2 Å². The van der Waals surface area contributed by atoms with Crippen LogP contribution >= 0.6 is 0 Å². The first-order valence-electron chi connectivity index (χ1n) is 10.2. The second-order valence-corrected chi connectivity index (χ2v) is 9.71. The number of Topliss-reactive ketones (excluding diaryl/α,β-unsaturated/α-hetero) is 1. The van der Waals surface area contributed by atoms with Crippen molar-refractivity contribution in [2.75, 3.05) is 6.61 Å². The van der Waals surface area contributed by atoms with Crippen LogP contribution < -0.4 is 0 Å². The SMILES string of the molecule is C[C@]12C=CC(=O)C=C1C(C(=O)O)C[C@@H]1[C@@H]2[C@@H](O)C[C@@]2(C)[C@H]1CC[C@]2(O)C(=O)CO. The minimum atomic E-state index is -1.73. The maximum absolute atomic E-state index is 12.4. The Kier molecular flexibility index (Phi) is 4.46. The predicted octanol–water partition coefficient (Wildman–Crippen LogP) is 0.868. The van der Waals surface area contributed by atoms with E-state index >= 15 is 0 Å². The van der Waals surface area contributed by atoms with Gasteiger partial charge < -0.3 is 20.4 Å². The molecule has 4 aliphatic rings. The predicted molar refractivity (Wildman–Crippen MR) is 102 cm³/mol. The van der Waals surface area contributed by atoms with Crippen LogP contribution in [0.4, 0.5) is 0 Å². The number of ketones is 2. The zero-order valence-corrected chi connectivity index (χ0v) is 16.7. The van der Waals surface area contributed by atoms with Crippen molar-refractivity contribution in [3.63, 3.8) is 0 Å². The number of aliphatic hydroxyl groups excluding tert-OH is 2. The summed E-state index contributed by atoms with van der Waals surface area (Å²) in [5, 5.41) is 41.7. The summed E-state index contributed by atoms with van der Waals surface area (Å²) >= 11 is 0. The molecule has 0 spiro atoms. The topological polar surface area (TPSA) is 132 Å². The number of aliphatic hydroxyl groups is 3. The Bertz CT molecular complexity index is 844. The molecule has 29 heavy (non-hydrogen) atoms. The lowest BCUT2D eigenvalue weighted by molar-refractivity contribution is -0.182. The average Bonchev–Trinajstić information content (AvgIpc) is 2.92. The Morgan fingerprint density at radius 2 is 1.97 bits per heavy atom. The van der Waals surface area contributed by atoms with Gasteiger partial charge in [-0.15, -0.1) is 0 Å². The fourth-order valence-corrected chi connectivity index (χ4v) is 7.24. The molecule has 4 aliphatic carbocycles. The van der Waals surface area contributed by atoms with Gasteiger partial charge in [0.1, 0.15) is 12.2 Å². The van der Waals surface area contributed by atoms with Crippen LogP contribution in [-0.2, 0) is 14.4 Å². The molecule has 7 heteroatoms. The molecule has 1 unspecified atom stereocenters. The van der Waals surface area contributed by atoms with E-state index in [4.69, 9.17) is 0 Å². The molecule has 0 aromatic rings. The number of carboxylic acids is 1. The molecule has 3 saturated carbocycles. The van der Waals surface area contributed by atoms with E-state index < -0.39 is 46.8 Å². The van der Waals surface area contributed by atoms with Crippen LogP contribution in [0.15, 0.2) is 23.8 Å². The molecule has 0 heterocycles. The van der Waals surface area contributed by atoms with Gasteiger partial charge in [-0.3, -0.25) is 14.4 Å². The van der Waals surface area contributed by atoms with Gasteiger partial charge in [0.15, 0.2) is 11.6 Å². The van der Waals surface area contributed by atoms with Gasteiger partial charge in [0.25, 0.3) is 0 Å². The number of rotatable bonds is 3. The summed E-state index contributed by atoms with van der Waals surface area (Å²) in [7, 11) is 0. The van der Waals surface area contributed by atoms with Gasteiger partial charge in [-0.05, 0) is 55.2 Å². The third-order valence-electron chi connectivity index (χ3n) is 8.60. The van der Waals surface area contributed by atoms with E-state index in [9.17, 15) is 34.8 Å². The molecule has 158 valence electrons. The minimum absolute atomic E-state index is 0.164. The van der Waals surface area contributed by atoms with E-state index in [0.29, 0.717) is 12.0 Å². The van der Waals surface area contributed by atoms with Crippen LogP contribution in [0, 0.1) is 34.5 Å². The monoisotopic (exact) mass is 404 g/mol. The third-order valence-corrected chi connectivity index (χ3v) is 8.60. The summed E-state index contributed by atoms with van der Waals surface area (Å²) in [6.45, 7) is 2.89. The van der Waals surface area contributed by atoms with E-state index in [-0.39, 0.29) is 42.8 Å². The Morgan fingerprint density at radius 3 is 2.59 bits per heavy atom. The van der Waals surface area contributed by atoms with Crippen molar-refractivity contribution >= 4 is 17.5 Å². The fourth-order valence-electron chi connectivity index (χ4n) is 7.24. The quantitative estimate of drug-likeness (QED) is 0.549. The lowest BCUT2D eigenvalue weighted by Gasteiger charge is -2.60. The van der Waals surface area contributed by atoms with Crippen LogP contribution in [0.3, 0.4) is 0 Å². The normalized spacial score (nSPS) is 48.4. The van der Waals surface area contributed by atoms with Gasteiger partial charge in [0.2, 0.25) is 0 Å². The van der Waals surface area contributed by atoms with E-state index in [1.807, 2.05) is 6.92 Å². The number of carbonyl (C=O) groups is 3. The first-order valence-corrected chi connectivity index (χ1v) is 10.2. The fraction of sp³-hybridized carbons (Fsp3) is 0.682. The van der Waals surface area contributed by atoms with E-state index in [0.717, 1.165) is 0 Å². The zero-order valence-electron chi connectivity index (χ0n) is 16.7. The number of fused-ring (bicyclic) bond motifs is 5. The lowest BCUT2D eigenvalue weighted by atomic mass is 9.44. The molecule has 7 nitrogen and oxygen atoms in total. The van der Waals surface area contributed by atoms with Crippen LogP contribution in [0.1, 0.15) is 39.5 Å². The number of hydrogen-bond acceptors (Lipinski definition) is 6. The van der Waals surface area contributed by atoms with E-state index in [2.05, 4.69) is 0 Å². The average molecular weight is 404 g/mol. The lowest BCUT2D eigenvalue weighted by Crippen LogP contribution is -2.62. The summed E-state index contributed by atoms with van der Waals surface area (Å²) in [5.74, 6) is -3.46. The molecule has 0 aromatic carbocycles. The second-order valence-electron chi connectivity index (χ2n) is 9.71. The first-order chi connectivity index (χ1) is 13.5. The largest absolute Gasteiger partial charge is 0.481 e. The Hall–Kier alpha value is -1.83. The standard InChI is InChI=1S/C22H28O7/c1-20-5-3-11(24)7-15(20)13(19(27)28)8-12-14-4-6-22(29,17(26)10-23)21(14,2)9-16(25)18(12)20/h3,5,7,12-14,16,18,23,25,29H,4,6,8-10H2,1-2H3,(H,27,28)/t12-,13?,14-,16-,18+,20-,21-,22-/m0/s1. The van der Waals surface area contributed by atoms with E-state index in [1.54, 1.807) is 13.0 Å². The van der Waals surface area contributed by atoms with E-state index in [1.165, 1.54) is 12.2 Å². The Morgan fingerprint density at radius 1 is 1.28 bits per heavy atom. The summed E-state index contributed by atoms with van der Waals surface area (Å²) in [4.78, 5) is 36.5. The molecule has 0 aromatic heterocycles. The van der Waals surface area contributed by atoms with Crippen LogP contribution in [0.5, 0.6) is 0 Å². The molecule has 0 saturated heterocycles. The zero-order chi connectivity index (χ0) is 21.4. The number of hydrogen-bond donors (Lipinski definition) is 4. The van der Waals surface area contributed by atoms with Crippen molar-refractivity contribution in [3.8, 4) is 0 Å². The molecule has 0 radical (unpaired) electrons. The molecule has 4 N–H and O–H groups in total. The number of carboxylic acid groups (broad SMARTS) is 1. The molecule has 0 aliphatic heterocycles. The maximum Gasteiger partial charge on any atom is 0.310 e. The summed E-state index contributed by atoms with van der Waals surface area (Å²) in [6, 6.07) is 0. The van der Waals surface area contributed by atoms with Crippen molar-refractivity contribution in [3.05, 3.63) is 23.8 Å². The maximum atomic E-state index is 12.4. The van der Waals surface area contributed by atoms with Crippen LogP contribution in [0.2, 0.25) is 0 Å². The van der Waals surface area contributed by atoms with Crippen molar-refractivity contribution in [1.82, 2.24) is 0 Å². The molecule has 3 fully saturated rings. The Balaban J connectivity index is 1.82. The van der Waals surface area contributed by atoms with Crippen LogP contribution in [0.25, 0.3) is 0 Å². The highest BCUT2D eigenvalue weighted by Crippen LogP contribution is 2.67. The van der Waals surface area contributed by atoms with Crippen molar-refractivity contribution in [1.29, 1.82) is 0 Å². The van der Waals surface area contributed by atoms with Crippen LogP contribution in [-0.4, -0.2) is 56.3 Å². The van der Waals surface area contributed by atoms with Gasteiger partial charge in [-0.1, -0.05) is 19.9 Å². The number of allylic oxidation sites excluding steroid dienone is 3. The highest BCUT2D eigenvalue weighted by Gasteiger charge is 2.69. The summed E-state index contributed by atoms with van der Waals surface area (Å²) in [6.07, 6.45) is 4.83. The highest BCUT2D eigenvalue weighted by molar-refractivity contribution is 6.02. The molecule has 0 bridgehead atoms. The number of carbonyl (C=O) groups excluding carboxylic acids is 2. The number of aliphatic carboxylic acids is 1. The van der Waals surface area contributed by atoms with Crippen molar-refractivity contribution < 1.29 is 34.8 Å². The van der Waals surface area contributed by atoms with Gasteiger partial charge in [-0.25, -0.2) is 0 Å². The molecule has 0 amide bonds.